The summed E-state index contributed by atoms with van der Waals surface area (Å²) in [4.78, 5) is 4.28. The monoisotopic (exact) mass is 255 g/mol. The number of aromatic nitrogens is 1. The van der Waals surface area contributed by atoms with Crippen molar-refractivity contribution in [3.05, 3.63) is 40.5 Å². The first-order valence-electron chi connectivity index (χ1n) is 5.31. The van der Waals surface area contributed by atoms with Gasteiger partial charge in [-0.15, -0.1) is 11.6 Å². The highest BCUT2D eigenvalue weighted by molar-refractivity contribution is 6.31. The number of alkyl halides is 1. The van der Waals surface area contributed by atoms with Crippen molar-refractivity contribution in [1.29, 1.82) is 0 Å². The molecule has 0 amide bonds. The van der Waals surface area contributed by atoms with E-state index < -0.39 is 0 Å². The fourth-order valence-electron chi connectivity index (χ4n) is 1.56. The molecule has 0 saturated carbocycles. The van der Waals surface area contributed by atoms with Crippen LogP contribution in [-0.2, 0) is 5.88 Å². The second kappa shape index (κ2) is 6.07. The first-order chi connectivity index (χ1) is 7.70. The molecule has 1 heterocycles. The zero-order chi connectivity index (χ0) is 12.1. The van der Waals surface area contributed by atoms with Crippen molar-refractivity contribution in [2.45, 2.75) is 26.7 Å². The molecule has 1 aromatic heterocycles. The number of hydrogen-bond donors (Lipinski definition) is 0. The van der Waals surface area contributed by atoms with Crippen LogP contribution in [0.4, 0.5) is 0 Å². The van der Waals surface area contributed by atoms with Gasteiger partial charge < -0.3 is 0 Å². The molecule has 0 aliphatic heterocycles. The number of benzene rings is 1. The normalized spacial score (nSPS) is 9.81. The first-order valence-corrected chi connectivity index (χ1v) is 6.22. The van der Waals surface area contributed by atoms with Crippen molar-refractivity contribution in [3.63, 3.8) is 0 Å². The van der Waals surface area contributed by atoms with Crippen molar-refractivity contribution >= 4 is 34.1 Å². The Morgan fingerprint density at radius 1 is 1.19 bits per heavy atom. The van der Waals surface area contributed by atoms with Gasteiger partial charge in [-0.1, -0.05) is 31.5 Å². The second-order valence-corrected chi connectivity index (χ2v) is 3.98. The molecule has 0 radical (unpaired) electrons. The molecule has 1 aromatic carbocycles. The van der Waals surface area contributed by atoms with Crippen LogP contribution in [0.15, 0.2) is 24.4 Å². The fraction of sp³-hybridized carbons (Fsp3) is 0.308. The third-order valence-corrected chi connectivity index (χ3v) is 2.67. The first kappa shape index (κ1) is 13.3. The van der Waals surface area contributed by atoms with Crippen LogP contribution < -0.4 is 0 Å². The van der Waals surface area contributed by atoms with Crippen molar-refractivity contribution in [2.75, 3.05) is 0 Å². The molecular formula is C13H15Cl2N. The Kier molecular flexibility index (Phi) is 5.04. The van der Waals surface area contributed by atoms with E-state index in [0.717, 1.165) is 22.0 Å². The molecule has 16 heavy (non-hydrogen) atoms. The van der Waals surface area contributed by atoms with E-state index in [4.69, 9.17) is 23.2 Å². The molecule has 0 aliphatic carbocycles. The van der Waals surface area contributed by atoms with E-state index in [-0.39, 0.29) is 0 Å². The predicted octanol–water partition coefficient (Wildman–Crippen LogP) is 4.96. The van der Waals surface area contributed by atoms with E-state index in [9.17, 15) is 0 Å². The van der Waals surface area contributed by atoms with Crippen LogP contribution in [0.1, 0.15) is 25.0 Å². The highest BCUT2D eigenvalue weighted by Gasteiger charge is 2.02. The minimum absolute atomic E-state index is 0.517. The van der Waals surface area contributed by atoms with Gasteiger partial charge in [-0.2, -0.15) is 0 Å². The highest BCUT2D eigenvalue weighted by atomic mass is 35.5. The molecular weight excluding hydrogens is 241 g/mol. The molecule has 0 aliphatic rings. The van der Waals surface area contributed by atoms with E-state index in [1.54, 1.807) is 6.20 Å². The van der Waals surface area contributed by atoms with Gasteiger partial charge in [-0.3, -0.25) is 4.98 Å². The number of pyridine rings is 1. The quantitative estimate of drug-likeness (QED) is 0.657. The maximum Gasteiger partial charge on any atom is 0.0732 e. The average Bonchev–Trinajstić information content (AvgIpc) is 2.30. The molecule has 0 saturated heterocycles. The fourth-order valence-corrected chi connectivity index (χ4v) is 1.88. The number of hydrogen-bond acceptors (Lipinski definition) is 1. The molecule has 0 unspecified atom stereocenters. The molecule has 3 heteroatoms. The minimum Gasteiger partial charge on any atom is -0.254 e. The van der Waals surface area contributed by atoms with Gasteiger partial charge in [0.1, 0.15) is 0 Å². The summed E-state index contributed by atoms with van der Waals surface area (Å²) in [5, 5.41) is 1.71. The van der Waals surface area contributed by atoms with Gasteiger partial charge in [-0.05, 0) is 30.2 Å². The molecule has 0 fully saturated rings. The van der Waals surface area contributed by atoms with Gasteiger partial charge in [0.2, 0.25) is 0 Å². The van der Waals surface area contributed by atoms with Crippen LogP contribution in [0.2, 0.25) is 5.02 Å². The number of fused-ring (bicyclic) bond motifs is 1. The lowest BCUT2D eigenvalue weighted by molar-refractivity contribution is 1.32. The zero-order valence-electron chi connectivity index (χ0n) is 9.72. The van der Waals surface area contributed by atoms with Crippen molar-refractivity contribution in [3.8, 4) is 0 Å². The third-order valence-electron chi connectivity index (χ3n) is 2.15. The number of nitrogens with zero attached hydrogens (tertiary/aromatic N) is 1. The summed E-state index contributed by atoms with van der Waals surface area (Å²) in [5.41, 5.74) is 3.22. The lowest BCUT2D eigenvalue weighted by Gasteiger charge is -2.04. The summed E-state index contributed by atoms with van der Waals surface area (Å²) in [7, 11) is 0. The molecule has 2 aromatic rings. The number of halogens is 2. The van der Waals surface area contributed by atoms with E-state index in [0.29, 0.717) is 10.9 Å². The maximum atomic E-state index is 5.87. The van der Waals surface area contributed by atoms with Gasteiger partial charge in [0, 0.05) is 17.5 Å². The van der Waals surface area contributed by atoms with Crippen molar-refractivity contribution < 1.29 is 0 Å². The highest BCUT2D eigenvalue weighted by Crippen LogP contribution is 2.22. The maximum absolute atomic E-state index is 5.87. The van der Waals surface area contributed by atoms with Gasteiger partial charge in [-0.25, -0.2) is 0 Å². The Labute approximate surface area is 106 Å². The topological polar surface area (TPSA) is 12.9 Å². The molecule has 1 nitrogen and oxygen atoms in total. The summed E-state index contributed by atoms with van der Waals surface area (Å²) >= 11 is 11.7. The lowest BCUT2D eigenvalue weighted by atomic mass is 10.1. The second-order valence-electron chi connectivity index (χ2n) is 3.27. The van der Waals surface area contributed by atoms with E-state index in [2.05, 4.69) is 11.1 Å². The standard InChI is InChI=1S/C11H9Cl2N.C2H6/c1-7-2-8(5-12)3-9-4-10(13)6-14-11(7)9;1-2/h2-4,6H,5H2,1H3;1-2H3. The largest absolute Gasteiger partial charge is 0.254 e. The van der Waals surface area contributed by atoms with Crippen LogP contribution in [0, 0.1) is 6.92 Å². The summed E-state index contributed by atoms with van der Waals surface area (Å²) in [6.07, 6.45) is 1.66. The Morgan fingerprint density at radius 3 is 2.50 bits per heavy atom. The summed E-state index contributed by atoms with van der Waals surface area (Å²) in [6, 6.07) is 5.98. The van der Waals surface area contributed by atoms with E-state index in [1.807, 2.05) is 32.9 Å². The number of rotatable bonds is 1. The minimum atomic E-state index is 0.517. The Morgan fingerprint density at radius 2 is 1.88 bits per heavy atom. The smallest absolute Gasteiger partial charge is 0.0732 e. The van der Waals surface area contributed by atoms with Crippen LogP contribution in [-0.4, -0.2) is 4.98 Å². The van der Waals surface area contributed by atoms with Gasteiger partial charge in [0.05, 0.1) is 10.5 Å². The Hall–Kier alpha value is -0.790. The van der Waals surface area contributed by atoms with E-state index in [1.165, 1.54) is 0 Å². The summed E-state index contributed by atoms with van der Waals surface area (Å²) < 4.78 is 0. The average molecular weight is 256 g/mol. The predicted molar refractivity (Wildman–Crippen MR) is 72.4 cm³/mol. The molecule has 0 bridgehead atoms. The molecule has 2 rings (SSSR count). The van der Waals surface area contributed by atoms with Gasteiger partial charge >= 0.3 is 0 Å². The number of aryl methyl sites for hydroxylation is 1. The molecule has 0 atom stereocenters. The Balaban J connectivity index is 0.000000606. The van der Waals surface area contributed by atoms with Crippen LogP contribution in [0.25, 0.3) is 10.9 Å². The lowest BCUT2D eigenvalue weighted by Crippen LogP contribution is -1.87. The van der Waals surface area contributed by atoms with Gasteiger partial charge in [0.15, 0.2) is 0 Å². The molecule has 0 spiro atoms. The molecule has 0 N–H and O–H groups in total. The zero-order valence-corrected chi connectivity index (χ0v) is 11.2. The van der Waals surface area contributed by atoms with E-state index >= 15 is 0 Å². The third kappa shape index (κ3) is 2.87. The van der Waals surface area contributed by atoms with Gasteiger partial charge in [0.25, 0.3) is 0 Å². The Bertz CT molecular complexity index is 481. The van der Waals surface area contributed by atoms with Crippen molar-refractivity contribution in [1.82, 2.24) is 4.98 Å². The summed E-state index contributed by atoms with van der Waals surface area (Å²) in [6.45, 7) is 6.03. The van der Waals surface area contributed by atoms with Crippen molar-refractivity contribution in [2.24, 2.45) is 0 Å². The van der Waals surface area contributed by atoms with Crippen LogP contribution in [0.3, 0.4) is 0 Å². The summed E-state index contributed by atoms with van der Waals surface area (Å²) in [5.74, 6) is 0.517. The SMILES string of the molecule is CC.Cc1cc(CCl)cc2cc(Cl)cnc12. The molecule has 86 valence electrons. The van der Waals surface area contributed by atoms with Crippen LogP contribution in [0.5, 0.6) is 0 Å². The van der Waals surface area contributed by atoms with Crippen LogP contribution >= 0.6 is 23.2 Å².